The van der Waals surface area contributed by atoms with Gasteiger partial charge < -0.3 is 19.7 Å². The van der Waals surface area contributed by atoms with Crippen LogP contribution in [0.5, 0.6) is 0 Å². The Morgan fingerprint density at radius 1 is 1.31 bits per heavy atom. The molecule has 6 nitrogen and oxygen atoms in total. The van der Waals surface area contributed by atoms with E-state index in [0.717, 1.165) is 0 Å². The van der Waals surface area contributed by atoms with Gasteiger partial charge >= 0.3 is 11.9 Å². The Balaban J connectivity index is 3.74. The van der Waals surface area contributed by atoms with Crippen molar-refractivity contribution in [2.24, 2.45) is 0 Å². The predicted molar refractivity (Wildman–Crippen MR) is 54.5 cm³/mol. The monoisotopic (exact) mass is 234 g/mol. The Labute approximate surface area is 94.2 Å². The minimum atomic E-state index is -0.877. The lowest BCUT2D eigenvalue weighted by Gasteiger charge is -2.15. The van der Waals surface area contributed by atoms with Crippen molar-refractivity contribution >= 4 is 11.9 Å². The summed E-state index contributed by atoms with van der Waals surface area (Å²) in [4.78, 5) is 21.6. The molecule has 16 heavy (non-hydrogen) atoms. The zero-order chi connectivity index (χ0) is 12.6. The highest BCUT2D eigenvalue weighted by atomic mass is 16.6. The molecule has 2 N–H and O–H groups in total. The van der Waals surface area contributed by atoms with Gasteiger partial charge in [0.15, 0.2) is 6.61 Å². The largest absolute Gasteiger partial charge is 0.460 e. The van der Waals surface area contributed by atoms with Gasteiger partial charge in [-0.3, -0.25) is 0 Å². The summed E-state index contributed by atoms with van der Waals surface area (Å²) in [5.41, 5.74) is 0. The molecule has 0 rings (SSSR count). The zero-order valence-corrected chi connectivity index (χ0v) is 9.51. The molecule has 0 saturated heterocycles. The van der Waals surface area contributed by atoms with Crippen molar-refractivity contribution in [3.63, 3.8) is 0 Å². The van der Waals surface area contributed by atoms with Gasteiger partial charge in [-0.15, -0.1) is 0 Å². The normalized spacial score (nSPS) is 14.0. The average Bonchev–Trinajstić information content (AvgIpc) is 2.25. The van der Waals surface area contributed by atoms with E-state index in [4.69, 9.17) is 9.84 Å². The summed E-state index contributed by atoms with van der Waals surface area (Å²) in [6.45, 7) is 2.18. The molecule has 0 radical (unpaired) electrons. The molecular formula is C10H18O6. The maximum absolute atomic E-state index is 11.1. The van der Waals surface area contributed by atoms with Crippen LogP contribution in [-0.2, 0) is 19.1 Å². The number of hydrogen-bond acceptors (Lipinski definition) is 6. The summed E-state index contributed by atoms with van der Waals surface area (Å²) in [6.07, 6.45) is -0.0181. The smallest absolute Gasteiger partial charge is 0.344 e. The fourth-order valence-corrected chi connectivity index (χ4v) is 1.04. The van der Waals surface area contributed by atoms with Gasteiger partial charge in [0.2, 0.25) is 0 Å². The number of esters is 2. The Hall–Kier alpha value is -1.14. The number of carbonyl (C=O) groups excluding carboxylic acids is 2. The van der Waals surface area contributed by atoms with E-state index < -0.39 is 37.4 Å². The Morgan fingerprint density at radius 3 is 2.44 bits per heavy atom. The highest BCUT2D eigenvalue weighted by Crippen LogP contribution is 2.05. The van der Waals surface area contributed by atoms with Gasteiger partial charge in [0, 0.05) is 6.42 Å². The van der Waals surface area contributed by atoms with Crippen LogP contribution < -0.4 is 0 Å². The van der Waals surface area contributed by atoms with Gasteiger partial charge in [-0.2, -0.15) is 0 Å². The second-order valence-electron chi connectivity index (χ2n) is 3.42. The molecule has 0 bridgehead atoms. The molecule has 2 atom stereocenters. The fourth-order valence-electron chi connectivity index (χ4n) is 1.04. The van der Waals surface area contributed by atoms with Crippen molar-refractivity contribution < 1.29 is 29.3 Å². The first kappa shape index (κ1) is 14.9. The number of aliphatic hydroxyl groups is 2. The van der Waals surface area contributed by atoms with E-state index in [1.807, 2.05) is 6.92 Å². The van der Waals surface area contributed by atoms with Crippen molar-refractivity contribution in [2.45, 2.75) is 38.9 Å². The molecule has 0 spiro atoms. The number of rotatable bonds is 7. The van der Waals surface area contributed by atoms with E-state index >= 15 is 0 Å². The van der Waals surface area contributed by atoms with Gasteiger partial charge in [-0.05, 0) is 13.3 Å². The second kappa shape index (κ2) is 8.06. The van der Waals surface area contributed by atoms with Crippen LogP contribution in [0.1, 0.15) is 26.7 Å². The number of carbonyl (C=O) groups is 2. The molecule has 0 aromatic rings. The van der Waals surface area contributed by atoms with Crippen LogP contribution in [0.25, 0.3) is 0 Å². The Morgan fingerprint density at radius 2 is 1.94 bits per heavy atom. The molecule has 0 saturated carbocycles. The molecule has 0 heterocycles. The van der Waals surface area contributed by atoms with Gasteiger partial charge in [0.1, 0.15) is 12.7 Å². The van der Waals surface area contributed by atoms with Crippen LogP contribution in [0.15, 0.2) is 0 Å². The summed E-state index contributed by atoms with van der Waals surface area (Å²) in [5.74, 6) is -1.57. The van der Waals surface area contributed by atoms with Crippen molar-refractivity contribution in [1.82, 2.24) is 0 Å². The van der Waals surface area contributed by atoms with Crippen LogP contribution in [0.3, 0.4) is 0 Å². The van der Waals surface area contributed by atoms with Gasteiger partial charge in [0.05, 0.1) is 6.10 Å². The topological polar surface area (TPSA) is 93.1 Å². The van der Waals surface area contributed by atoms with Crippen molar-refractivity contribution in [2.75, 3.05) is 13.2 Å². The molecule has 0 aliphatic heterocycles. The van der Waals surface area contributed by atoms with E-state index in [-0.39, 0.29) is 0 Å². The molecule has 0 aromatic heterocycles. The lowest BCUT2D eigenvalue weighted by atomic mass is 10.1. The first-order valence-corrected chi connectivity index (χ1v) is 5.13. The SMILES string of the molecule is CCC(O)CC(C)OC(=O)COC(=O)CO. The van der Waals surface area contributed by atoms with Gasteiger partial charge in [-0.1, -0.05) is 6.92 Å². The van der Waals surface area contributed by atoms with Crippen molar-refractivity contribution in [1.29, 1.82) is 0 Å². The minimum absolute atomic E-state index is 0.343. The molecular weight excluding hydrogens is 216 g/mol. The Bertz CT molecular complexity index is 227. The first-order valence-electron chi connectivity index (χ1n) is 5.13. The molecule has 2 unspecified atom stereocenters. The van der Waals surface area contributed by atoms with Gasteiger partial charge in [0.25, 0.3) is 0 Å². The maximum Gasteiger partial charge on any atom is 0.344 e. The summed E-state index contributed by atoms with van der Waals surface area (Å²) >= 11 is 0. The van der Waals surface area contributed by atoms with E-state index in [0.29, 0.717) is 12.8 Å². The second-order valence-corrected chi connectivity index (χ2v) is 3.42. The van der Waals surface area contributed by atoms with E-state index in [1.165, 1.54) is 0 Å². The summed E-state index contributed by atoms with van der Waals surface area (Å²) in [5, 5.41) is 17.6. The van der Waals surface area contributed by atoms with Crippen molar-refractivity contribution in [3.05, 3.63) is 0 Å². The third-order valence-corrected chi connectivity index (χ3v) is 1.89. The van der Waals surface area contributed by atoms with Crippen molar-refractivity contribution in [3.8, 4) is 0 Å². The van der Waals surface area contributed by atoms with Crippen LogP contribution in [0, 0.1) is 0 Å². The first-order chi connectivity index (χ1) is 7.49. The number of aliphatic hydroxyl groups excluding tert-OH is 2. The number of hydrogen-bond donors (Lipinski definition) is 2. The van der Waals surface area contributed by atoms with E-state index in [9.17, 15) is 14.7 Å². The van der Waals surface area contributed by atoms with Crippen LogP contribution in [0.4, 0.5) is 0 Å². The van der Waals surface area contributed by atoms with E-state index in [1.54, 1.807) is 6.92 Å². The number of ether oxygens (including phenoxy) is 2. The fraction of sp³-hybridized carbons (Fsp3) is 0.800. The minimum Gasteiger partial charge on any atom is -0.460 e. The zero-order valence-electron chi connectivity index (χ0n) is 9.51. The Kier molecular flexibility index (Phi) is 7.49. The highest BCUT2D eigenvalue weighted by Gasteiger charge is 2.14. The summed E-state index contributed by atoms with van der Waals surface area (Å²) in [7, 11) is 0. The summed E-state index contributed by atoms with van der Waals surface area (Å²) < 4.78 is 9.22. The molecule has 94 valence electrons. The molecule has 0 aliphatic rings. The van der Waals surface area contributed by atoms with Crippen LogP contribution in [-0.4, -0.2) is 47.6 Å². The quantitative estimate of drug-likeness (QED) is 0.583. The standard InChI is InChI=1S/C10H18O6/c1-3-8(12)4-7(2)16-10(14)6-15-9(13)5-11/h7-8,11-12H,3-6H2,1-2H3. The molecule has 6 heteroatoms. The molecule has 0 aromatic carbocycles. The molecule has 0 fully saturated rings. The van der Waals surface area contributed by atoms with Gasteiger partial charge in [-0.25, -0.2) is 9.59 Å². The van der Waals surface area contributed by atoms with Crippen LogP contribution >= 0.6 is 0 Å². The van der Waals surface area contributed by atoms with E-state index in [2.05, 4.69) is 4.74 Å². The molecule has 0 aliphatic carbocycles. The average molecular weight is 234 g/mol. The maximum atomic E-state index is 11.1. The lowest BCUT2D eigenvalue weighted by Crippen LogP contribution is -2.24. The lowest BCUT2D eigenvalue weighted by molar-refractivity contribution is -0.163. The third-order valence-electron chi connectivity index (χ3n) is 1.89. The molecule has 0 amide bonds. The summed E-state index contributed by atoms with van der Waals surface area (Å²) in [6, 6.07) is 0. The van der Waals surface area contributed by atoms with Crippen LogP contribution in [0.2, 0.25) is 0 Å². The predicted octanol–water partition coefficient (Wildman–Crippen LogP) is -0.385. The highest BCUT2D eigenvalue weighted by molar-refractivity contribution is 5.76. The third kappa shape index (κ3) is 7.19.